The summed E-state index contributed by atoms with van der Waals surface area (Å²) in [5, 5.41) is 0. The van der Waals surface area contributed by atoms with Crippen molar-refractivity contribution in [1.82, 2.24) is 0 Å². The Kier molecular flexibility index (Phi) is 9.17. The molecule has 3 nitrogen and oxygen atoms in total. The summed E-state index contributed by atoms with van der Waals surface area (Å²) in [5.74, 6) is 0.930. The average Bonchev–Trinajstić information content (AvgIpc) is 2.57. The van der Waals surface area contributed by atoms with Crippen LogP contribution in [0.25, 0.3) is 0 Å². The van der Waals surface area contributed by atoms with E-state index in [1.165, 1.54) is 0 Å². The number of hydrogen-bond donors (Lipinski definition) is 0. The Labute approximate surface area is 162 Å². The van der Waals surface area contributed by atoms with Gasteiger partial charge in [-0.2, -0.15) is 0 Å². The molecule has 0 spiro atoms. The Morgan fingerprint density at radius 3 is 2.32 bits per heavy atom. The first-order valence-corrected chi connectivity index (χ1v) is 13.6. The highest BCUT2D eigenvalue weighted by Gasteiger charge is 2.29. The Balaban J connectivity index is 2.66. The molecule has 0 amide bonds. The van der Waals surface area contributed by atoms with Gasteiger partial charge in [-0.25, -0.2) is 0 Å². The fourth-order valence-electron chi connectivity index (χ4n) is 2.24. The van der Waals surface area contributed by atoms with Gasteiger partial charge in [0.15, 0.2) is 5.78 Å². The van der Waals surface area contributed by atoms with Crippen molar-refractivity contribution in [2.45, 2.75) is 63.7 Å². The summed E-state index contributed by atoms with van der Waals surface area (Å²) >= 11 is 7.04. The van der Waals surface area contributed by atoms with Gasteiger partial charge in [0.2, 0.25) is 4.38 Å². The van der Waals surface area contributed by atoms with Crippen molar-refractivity contribution < 1.29 is 14.3 Å². The van der Waals surface area contributed by atoms with Crippen molar-refractivity contribution in [3.05, 3.63) is 29.8 Å². The number of rotatable bonds is 9. The van der Waals surface area contributed by atoms with Crippen LogP contribution < -0.4 is 4.74 Å². The second-order valence-electron chi connectivity index (χ2n) is 7.25. The molecule has 2 atom stereocenters. The predicted molar refractivity (Wildman–Crippen MR) is 115 cm³/mol. The van der Waals surface area contributed by atoms with Gasteiger partial charge in [0.1, 0.15) is 5.75 Å². The van der Waals surface area contributed by atoms with E-state index in [9.17, 15) is 4.79 Å². The molecule has 0 aliphatic rings. The van der Waals surface area contributed by atoms with Gasteiger partial charge in [-0.15, -0.1) is 0 Å². The normalized spacial score (nSPS) is 13.8. The molecule has 0 fully saturated rings. The van der Waals surface area contributed by atoms with E-state index in [-0.39, 0.29) is 11.9 Å². The van der Waals surface area contributed by atoms with Crippen LogP contribution in [-0.4, -0.2) is 36.3 Å². The molecule has 0 saturated heterocycles. The maximum atomic E-state index is 12.5. The molecule has 0 radical (unpaired) electrons. The summed E-state index contributed by atoms with van der Waals surface area (Å²) in [7, 11) is 0.152. The highest BCUT2D eigenvalue weighted by molar-refractivity contribution is 8.23. The second-order valence-corrected chi connectivity index (χ2v) is 14.9. The summed E-state index contributed by atoms with van der Waals surface area (Å²) in [6.45, 7) is 11.1. The van der Waals surface area contributed by atoms with Gasteiger partial charge in [-0.3, -0.25) is 4.79 Å². The fraction of sp³-hybridized carbons (Fsp3) is 0.579. The van der Waals surface area contributed by atoms with Crippen molar-refractivity contribution in [2.24, 2.45) is 0 Å². The van der Waals surface area contributed by atoms with Gasteiger partial charge in [-0.05, 0) is 56.2 Å². The van der Waals surface area contributed by atoms with Gasteiger partial charge >= 0.3 is 0 Å². The summed E-state index contributed by atoms with van der Waals surface area (Å²) in [4.78, 5) is 12.9. The third-order valence-corrected chi connectivity index (χ3v) is 10.0. The zero-order valence-corrected chi connectivity index (χ0v) is 18.8. The molecule has 0 aromatic heterocycles. The van der Waals surface area contributed by atoms with E-state index in [2.05, 4.69) is 26.6 Å². The molecule has 1 aromatic carbocycles. The van der Waals surface area contributed by atoms with Gasteiger partial charge in [0.25, 0.3) is 0 Å². The molecule has 0 heterocycles. The summed E-state index contributed by atoms with van der Waals surface area (Å²) in [6, 6.07) is 7.31. The molecule has 0 N–H and O–H groups in total. The Morgan fingerprint density at radius 1 is 1.24 bits per heavy atom. The number of ketones is 1. The summed E-state index contributed by atoms with van der Waals surface area (Å²) < 4.78 is 11.5. The number of thiocarbonyl (C=S) groups is 1. The van der Waals surface area contributed by atoms with E-state index < -0.39 is 8.07 Å². The standard InChI is InChI=1S/C19H30O3S2Si/c1-7-14(2)22-19(23)24-18(25(4,5)6)13-12-17(20)15-8-10-16(21-3)11-9-15/h8-11,14,18H,7,12-13H2,1-6H3. The maximum Gasteiger partial charge on any atom is 0.220 e. The number of ether oxygens (including phenoxy) is 2. The minimum atomic E-state index is -1.47. The van der Waals surface area contributed by atoms with Crippen LogP contribution in [0.4, 0.5) is 0 Å². The molecule has 1 aromatic rings. The molecule has 2 unspecified atom stereocenters. The number of benzene rings is 1. The number of Topliss-reactive ketones (excluding diaryl/α,β-unsaturated/α-hetero) is 1. The Bertz CT molecular complexity index is 567. The zero-order chi connectivity index (χ0) is 19.0. The van der Waals surface area contributed by atoms with Gasteiger partial charge in [0.05, 0.1) is 21.3 Å². The van der Waals surface area contributed by atoms with Crippen molar-refractivity contribution in [3.8, 4) is 5.75 Å². The van der Waals surface area contributed by atoms with Crippen molar-refractivity contribution >= 4 is 42.2 Å². The van der Waals surface area contributed by atoms with Crippen LogP contribution in [-0.2, 0) is 4.74 Å². The molecule has 140 valence electrons. The highest BCUT2D eigenvalue weighted by Crippen LogP contribution is 2.29. The molecule has 1 rings (SSSR count). The highest BCUT2D eigenvalue weighted by atomic mass is 32.2. The van der Waals surface area contributed by atoms with Crippen LogP contribution >= 0.6 is 24.0 Å². The smallest absolute Gasteiger partial charge is 0.220 e. The molecule has 25 heavy (non-hydrogen) atoms. The lowest BCUT2D eigenvalue weighted by atomic mass is 10.1. The van der Waals surface area contributed by atoms with Crippen LogP contribution in [0.2, 0.25) is 19.6 Å². The zero-order valence-electron chi connectivity index (χ0n) is 16.1. The van der Waals surface area contributed by atoms with E-state index in [1.54, 1.807) is 18.9 Å². The first-order chi connectivity index (χ1) is 11.7. The van der Waals surface area contributed by atoms with E-state index in [1.807, 2.05) is 31.2 Å². The quantitative estimate of drug-likeness (QED) is 0.301. The molecular formula is C19H30O3S2Si. The van der Waals surface area contributed by atoms with Crippen molar-refractivity contribution in [2.75, 3.05) is 7.11 Å². The molecule has 0 saturated carbocycles. The first kappa shape index (κ1) is 22.2. The first-order valence-electron chi connectivity index (χ1n) is 8.71. The molecule has 6 heteroatoms. The second kappa shape index (κ2) is 10.3. The maximum absolute atomic E-state index is 12.5. The van der Waals surface area contributed by atoms with Gasteiger partial charge in [-0.1, -0.05) is 38.3 Å². The topological polar surface area (TPSA) is 35.5 Å². The van der Waals surface area contributed by atoms with E-state index >= 15 is 0 Å². The number of thioether (sulfide) groups is 1. The largest absolute Gasteiger partial charge is 0.497 e. The van der Waals surface area contributed by atoms with Crippen LogP contribution in [0, 0.1) is 0 Å². The number of hydrogen-bond acceptors (Lipinski definition) is 5. The number of carbonyl (C=O) groups excluding carboxylic acids is 1. The molecule has 0 aliphatic heterocycles. The molecule has 0 aliphatic carbocycles. The Morgan fingerprint density at radius 2 is 1.84 bits per heavy atom. The lowest BCUT2D eigenvalue weighted by Gasteiger charge is -2.28. The SMILES string of the molecule is CCC(C)OC(=S)SC(CCC(=O)c1ccc(OC)cc1)[Si](C)(C)C. The van der Waals surface area contributed by atoms with Gasteiger partial charge in [0, 0.05) is 16.9 Å². The van der Waals surface area contributed by atoms with Crippen molar-refractivity contribution in [3.63, 3.8) is 0 Å². The van der Waals surface area contributed by atoms with E-state index in [0.29, 0.717) is 15.7 Å². The molecule has 0 bridgehead atoms. The number of methoxy groups -OCH3 is 1. The van der Waals surface area contributed by atoms with Crippen LogP contribution in [0.1, 0.15) is 43.5 Å². The Hall–Kier alpha value is -0.853. The average molecular weight is 399 g/mol. The minimum Gasteiger partial charge on any atom is -0.497 e. The summed E-state index contributed by atoms with van der Waals surface area (Å²) in [6.07, 6.45) is 2.44. The lowest BCUT2D eigenvalue weighted by molar-refractivity contribution is 0.0981. The van der Waals surface area contributed by atoms with Crippen LogP contribution in [0.3, 0.4) is 0 Å². The van der Waals surface area contributed by atoms with Crippen molar-refractivity contribution in [1.29, 1.82) is 0 Å². The monoisotopic (exact) mass is 398 g/mol. The lowest BCUT2D eigenvalue weighted by Crippen LogP contribution is -2.37. The van der Waals surface area contributed by atoms with E-state index in [4.69, 9.17) is 21.7 Å². The summed E-state index contributed by atoms with van der Waals surface area (Å²) in [5.41, 5.74) is 0.735. The predicted octanol–water partition coefficient (Wildman–Crippen LogP) is 5.74. The number of carbonyl (C=O) groups is 1. The third-order valence-electron chi connectivity index (χ3n) is 4.12. The molecular weight excluding hydrogens is 368 g/mol. The minimum absolute atomic E-state index is 0.142. The van der Waals surface area contributed by atoms with Gasteiger partial charge < -0.3 is 9.47 Å². The third kappa shape index (κ3) is 7.92. The fourth-order valence-corrected chi connectivity index (χ4v) is 6.45. The van der Waals surface area contributed by atoms with E-state index in [0.717, 1.165) is 24.2 Å². The van der Waals surface area contributed by atoms with Crippen LogP contribution in [0.15, 0.2) is 24.3 Å². The van der Waals surface area contributed by atoms with Crippen LogP contribution in [0.5, 0.6) is 5.75 Å².